The third-order valence-corrected chi connectivity index (χ3v) is 4.03. The Morgan fingerprint density at radius 2 is 2.10 bits per heavy atom. The van der Waals surface area contributed by atoms with E-state index in [0.717, 1.165) is 19.3 Å². The van der Waals surface area contributed by atoms with Gasteiger partial charge >= 0.3 is 0 Å². The van der Waals surface area contributed by atoms with Crippen molar-refractivity contribution in [3.63, 3.8) is 0 Å². The molecule has 1 saturated carbocycles. The molecule has 0 radical (unpaired) electrons. The van der Waals surface area contributed by atoms with E-state index in [-0.39, 0.29) is 24.2 Å². The summed E-state index contributed by atoms with van der Waals surface area (Å²) in [4.78, 5) is 12.1. The van der Waals surface area contributed by atoms with Gasteiger partial charge in [0, 0.05) is 12.5 Å². The van der Waals surface area contributed by atoms with Crippen LogP contribution in [0.2, 0.25) is 0 Å². The Labute approximate surface area is 119 Å². The van der Waals surface area contributed by atoms with Gasteiger partial charge in [0.25, 0.3) is 0 Å². The van der Waals surface area contributed by atoms with Crippen LogP contribution in [0.4, 0.5) is 4.39 Å². The number of halogens is 1. The van der Waals surface area contributed by atoms with Crippen LogP contribution in [-0.2, 0) is 4.79 Å². The number of carbonyl (C=O) groups excluding carboxylic acids is 1. The molecule has 0 saturated heterocycles. The van der Waals surface area contributed by atoms with Crippen LogP contribution in [-0.4, -0.2) is 17.6 Å². The zero-order valence-corrected chi connectivity index (χ0v) is 11.8. The molecule has 3 nitrogen and oxygen atoms in total. The Balaban J connectivity index is 1.82. The van der Waals surface area contributed by atoms with E-state index < -0.39 is 6.10 Å². The maximum Gasteiger partial charge on any atom is 0.223 e. The molecule has 1 aliphatic rings. The van der Waals surface area contributed by atoms with Crippen LogP contribution in [0.1, 0.15) is 44.3 Å². The van der Waals surface area contributed by atoms with Crippen molar-refractivity contribution in [1.29, 1.82) is 0 Å². The van der Waals surface area contributed by atoms with Gasteiger partial charge in [-0.25, -0.2) is 4.39 Å². The van der Waals surface area contributed by atoms with Crippen molar-refractivity contribution in [3.05, 3.63) is 35.6 Å². The lowest BCUT2D eigenvalue weighted by molar-refractivity contribution is -0.126. The number of rotatable bonds is 4. The minimum absolute atomic E-state index is 0.0257. The Kier molecular flexibility index (Phi) is 5.12. The van der Waals surface area contributed by atoms with Gasteiger partial charge in [-0.3, -0.25) is 4.79 Å². The Morgan fingerprint density at radius 3 is 2.75 bits per heavy atom. The van der Waals surface area contributed by atoms with E-state index in [2.05, 4.69) is 12.2 Å². The van der Waals surface area contributed by atoms with Gasteiger partial charge < -0.3 is 10.4 Å². The highest BCUT2D eigenvalue weighted by molar-refractivity contribution is 5.78. The second-order valence-electron chi connectivity index (χ2n) is 5.78. The highest BCUT2D eigenvalue weighted by Crippen LogP contribution is 2.28. The van der Waals surface area contributed by atoms with Crippen molar-refractivity contribution in [2.75, 3.05) is 6.54 Å². The Hall–Kier alpha value is -1.42. The van der Waals surface area contributed by atoms with E-state index in [1.165, 1.54) is 30.7 Å². The summed E-state index contributed by atoms with van der Waals surface area (Å²) in [5.74, 6) is 0.361. The summed E-state index contributed by atoms with van der Waals surface area (Å²) in [7, 11) is 0. The molecule has 4 heteroatoms. The summed E-state index contributed by atoms with van der Waals surface area (Å²) in [6, 6.07) is 5.69. The van der Waals surface area contributed by atoms with E-state index in [1.54, 1.807) is 0 Å². The zero-order chi connectivity index (χ0) is 14.5. The molecule has 0 aromatic heterocycles. The minimum atomic E-state index is -0.791. The lowest BCUT2D eigenvalue weighted by Crippen LogP contribution is -2.35. The summed E-state index contributed by atoms with van der Waals surface area (Å²) in [6.07, 6.45) is 3.36. The van der Waals surface area contributed by atoms with Crippen molar-refractivity contribution in [3.8, 4) is 0 Å². The molecular weight excluding hydrogens is 257 g/mol. The molecule has 1 aromatic carbocycles. The molecule has 0 bridgehead atoms. The third-order valence-electron chi connectivity index (χ3n) is 4.03. The largest absolute Gasteiger partial charge is 0.387 e. The monoisotopic (exact) mass is 279 g/mol. The number of hydrogen-bond acceptors (Lipinski definition) is 2. The summed E-state index contributed by atoms with van der Waals surface area (Å²) >= 11 is 0. The van der Waals surface area contributed by atoms with Gasteiger partial charge in [-0.2, -0.15) is 0 Å². The van der Waals surface area contributed by atoms with Crippen LogP contribution in [0.25, 0.3) is 0 Å². The van der Waals surface area contributed by atoms with Crippen molar-refractivity contribution < 1.29 is 14.3 Å². The molecule has 20 heavy (non-hydrogen) atoms. The van der Waals surface area contributed by atoms with Crippen LogP contribution in [0, 0.1) is 17.7 Å². The number of nitrogens with one attached hydrogen (secondary N) is 1. The van der Waals surface area contributed by atoms with Crippen molar-refractivity contribution in [2.24, 2.45) is 11.8 Å². The quantitative estimate of drug-likeness (QED) is 0.890. The average molecular weight is 279 g/mol. The van der Waals surface area contributed by atoms with Gasteiger partial charge in [-0.15, -0.1) is 0 Å². The van der Waals surface area contributed by atoms with E-state index in [9.17, 15) is 14.3 Å². The summed E-state index contributed by atoms with van der Waals surface area (Å²) in [6.45, 7) is 2.35. The van der Waals surface area contributed by atoms with E-state index in [4.69, 9.17) is 0 Å². The second kappa shape index (κ2) is 6.84. The molecule has 3 atom stereocenters. The van der Waals surface area contributed by atoms with Gasteiger partial charge in [0.05, 0.1) is 6.10 Å². The highest BCUT2D eigenvalue weighted by atomic mass is 19.1. The molecule has 1 aromatic rings. The molecule has 110 valence electrons. The first-order chi connectivity index (χ1) is 9.56. The number of aliphatic hydroxyl groups excluding tert-OH is 1. The molecule has 2 rings (SSSR count). The first-order valence-corrected chi connectivity index (χ1v) is 7.27. The summed E-state index contributed by atoms with van der Waals surface area (Å²) in [5, 5.41) is 12.8. The SMILES string of the molecule is CC1CCCC(C(=O)NCC(O)c2ccc(F)cc2)C1. The van der Waals surface area contributed by atoms with Crippen LogP contribution >= 0.6 is 0 Å². The number of carbonyl (C=O) groups is 1. The first kappa shape index (κ1) is 15.0. The van der Waals surface area contributed by atoms with E-state index in [0.29, 0.717) is 11.5 Å². The lowest BCUT2D eigenvalue weighted by Gasteiger charge is -2.26. The fourth-order valence-corrected chi connectivity index (χ4v) is 2.82. The molecule has 1 amide bonds. The standard InChI is InChI=1S/C16H22FNO2/c1-11-3-2-4-13(9-11)16(20)18-10-15(19)12-5-7-14(17)8-6-12/h5-8,11,13,15,19H,2-4,9-10H2,1H3,(H,18,20). The predicted molar refractivity (Wildman–Crippen MR) is 75.5 cm³/mol. The minimum Gasteiger partial charge on any atom is -0.387 e. The number of amides is 1. The number of benzene rings is 1. The van der Waals surface area contributed by atoms with Gasteiger partial charge in [0.2, 0.25) is 5.91 Å². The number of hydrogen-bond donors (Lipinski definition) is 2. The molecule has 0 spiro atoms. The fraction of sp³-hybridized carbons (Fsp3) is 0.562. The van der Waals surface area contributed by atoms with Gasteiger partial charge in [-0.1, -0.05) is 31.9 Å². The smallest absolute Gasteiger partial charge is 0.223 e. The molecule has 2 N–H and O–H groups in total. The maximum atomic E-state index is 12.8. The highest BCUT2D eigenvalue weighted by Gasteiger charge is 2.25. The van der Waals surface area contributed by atoms with Gasteiger partial charge in [-0.05, 0) is 36.5 Å². The van der Waals surface area contributed by atoms with Crippen molar-refractivity contribution in [1.82, 2.24) is 5.32 Å². The maximum absolute atomic E-state index is 12.8. The molecular formula is C16H22FNO2. The zero-order valence-electron chi connectivity index (χ0n) is 11.8. The molecule has 1 fully saturated rings. The number of aliphatic hydroxyl groups is 1. The average Bonchev–Trinajstić information content (AvgIpc) is 2.45. The summed E-state index contributed by atoms with van der Waals surface area (Å²) in [5.41, 5.74) is 0.615. The predicted octanol–water partition coefficient (Wildman–Crippen LogP) is 2.80. The molecule has 0 heterocycles. The first-order valence-electron chi connectivity index (χ1n) is 7.27. The molecule has 3 unspecified atom stereocenters. The topological polar surface area (TPSA) is 49.3 Å². The van der Waals surface area contributed by atoms with E-state index in [1.807, 2.05) is 0 Å². The molecule has 0 aliphatic heterocycles. The Morgan fingerprint density at radius 1 is 1.40 bits per heavy atom. The Bertz CT molecular complexity index is 446. The van der Waals surface area contributed by atoms with Gasteiger partial charge in [0.1, 0.15) is 5.82 Å². The van der Waals surface area contributed by atoms with E-state index >= 15 is 0 Å². The fourth-order valence-electron chi connectivity index (χ4n) is 2.82. The molecule has 1 aliphatic carbocycles. The van der Waals surface area contributed by atoms with Crippen LogP contribution in [0.15, 0.2) is 24.3 Å². The van der Waals surface area contributed by atoms with Gasteiger partial charge in [0.15, 0.2) is 0 Å². The van der Waals surface area contributed by atoms with Crippen molar-refractivity contribution >= 4 is 5.91 Å². The summed E-state index contributed by atoms with van der Waals surface area (Å²) < 4.78 is 12.8. The van der Waals surface area contributed by atoms with Crippen molar-refractivity contribution in [2.45, 2.75) is 38.7 Å². The van der Waals surface area contributed by atoms with Crippen LogP contribution < -0.4 is 5.32 Å². The second-order valence-corrected chi connectivity index (χ2v) is 5.78. The van der Waals surface area contributed by atoms with Crippen LogP contribution in [0.5, 0.6) is 0 Å². The normalized spacial score (nSPS) is 24.1. The lowest BCUT2D eigenvalue weighted by atomic mass is 9.82. The van der Waals surface area contributed by atoms with Crippen LogP contribution in [0.3, 0.4) is 0 Å². The third kappa shape index (κ3) is 4.04.